The van der Waals surface area contributed by atoms with Gasteiger partial charge in [-0.15, -0.1) is 0 Å². The van der Waals surface area contributed by atoms with Crippen molar-refractivity contribution in [1.82, 2.24) is 0 Å². The van der Waals surface area contributed by atoms with Gasteiger partial charge in [0, 0.05) is 30.0 Å². The molecule has 10 atom stereocenters. The van der Waals surface area contributed by atoms with Crippen molar-refractivity contribution in [2.45, 2.75) is 153 Å². The number of amides is 1. The monoisotopic (exact) mass is 825 g/mol. The fraction of sp³-hybridized carbons (Fsp3) is 0.644. The number of nitrogens with one attached hydrogen (secondary N) is 1. The van der Waals surface area contributed by atoms with Crippen LogP contribution in [0.1, 0.15) is 93.4 Å². The predicted octanol–water partition coefficient (Wildman–Crippen LogP) is 9.84. The number of anilines is 1. The molecule has 12 heteroatoms. The van der Waals surface area contributed by atoms with Gasteiger partial charge in [-0.3, -0.25) is 10.1 Å². The first-order valence-electron chi connectivity index (χ1n) is 20.8. The quantitative estimate of drug-likeness (QED) is 0.164. The van der Waals surface area contributed by atoms with Gasteiger partial charge in [-0.2, -0.15) is 0 Å². The Labute approximate surface area is 345 Å². The SMILES string of the molecule is CC[C@H]1OC2(CC[C@@H]1C)CC1CC(C/C=C(\C)C[C@@H](C)/C=C/C=C3\COC4[C@H](O[Si](C)(C)C(C)(C)C)C(COC(=O)Nc5ccc(Cl)cc5)=CC(C(=O)O1)[C@]34O)O2. The molecule has 5 aliphatic rings. The van der Waals surface area contributed by atoms with Gasteiger partial charge in [0.15, 0.2) is 14.1 Å². The molecule has 0 radical (unpaired) electrons. The van der Waals surface area contributed by atoms with Crippen LogP contribution in [-0.4, -0.2) is 80.6 Å². The first-order valence-corrected chi connectivity index (χ1v) is 24.1. The number of hydrogen-bond donors (Lipinski definition) is 2. The zero-order chi connectivity index (χ0) is 41.3. The fourth-order valence-corrected chi connectivity index (χ4v) is 10.1. The van der Waals surface area contributed by atoms with E-state index in [1.807, 2.05) is 12.2 Å². The molecule has 1 spiro atoms. The lowest BCUT2D eigenvalue weighted by atomic mass is 9.70. The van der Waals surface area contributed by atoms with Gasteiger partial charge in [-0.1, -0.05) is 89.1 Å². The lowest BCUT2D eigenvalue weighted by Gasteiger charge is -2.50. The van der Waals surface area contributed by atoms with Crippen LogP contribution in [-0.2, 0) is 32.9 Å². The molecule has 3 fully saturated rings. The Balaban J connectivity index is 1.39. The number of hydrogen-bond acceptors (Lipinski definition) is 9. The highest BCUT2D eigenvalue weighted by Gasteiger charge is 2.62. The number of carbonyl (C=O) groups excluding carboxylic acids is 2. The number of carbonyl (C=O) groups is 2. The molecule has 57 heavy (non-hydrogen) atoms. The van der Waals surface area contributed by atoms with Gasteiger partial charge < -0.3 is 33.2 Å². The molecule has 3 saturated heterocycles. The molecule has 0 aromatic heterocycles. The average Bonchev–Trinajstić information content (AvgIpc) is 3.47. The molecule has 2 bridgehead atoms. The summed E-state index contributed by atoms with van der Waals surface area (Å²) in [6.07, 6.45) is 11.7. The van der Waals surface area contributed by atoms with Crippen LogP contribution >= 0.6 is 11.6 Å². The number of halogens is 1. The highest BCUT2D eigenvalue weighted by Crippen LogP contribution is 2.50. The van der Waals surface area contributed by atoms with Crippen molar-refractivity contribution in [3.63, 3.8) is 0 Å². The summed E-state index contributed by atoms with van der Waals surface area (Å²) in [6, 6.07) is 6.71. The molecule has 1 amide bonds. The molecular formula is C45H64ClNO9Si. The summed E-state index contributed by atoms with van der Waals surface area (Å²) in [5.41, 5.74) is 1.07. The molecule has 314 valence electrons. The molecule has 1 aliphatic carbocycles. The number of allylic oxidation sites excluding steroid dienone is 4. The summed E-state index contributed by atoms with van der Waals surface area (Å²) in [5, 5.41) is 16.2. The van der Waals surface area contributed by atoms with E-state index in [0.717, 1.165) is 19.3 Å². The number of benzene rings is 1. The van der Waals surface area contributed by atoms with Crippen LogP contribution in [0.5, 0.6) is 0 Å². The van der Waals surface area contributed by atoms with E-state index in [-0.39, 0.29) is 36.4 Å². The molecule has 2 N–H and O–H groups in total. The minimum Gasteiger partial charge on any atom is -0.462 e. The van der Waals surface area contributed by atoms with E-state index in [0.29, 0.717) is 53.5 Å². The zero-order valence-electron chi connectivity index (χ0n) is 35.3. The van der Waals surface area contributed by atoms with E-state index in [4.69, 9.17) is 39.7 Å². The van der Waals surface area contributed by atoms with Crippen molar-refractivity contribution in [3.05, 3.63) is 76.4 Å². The van der Waals surface area contributed by atoms with E-state index >= 15 is 0 Å². The van der Waals surface area contributed by atoms with Crippen LogP contribution in [0.3, 0.4) is 0 Å². The Morgan fingerprint density at radius 1 is 1.12 bits per heavy atom. The van der Waals surface area contributed by atoms with E-state index < -0.39 is 56.0 Å². The van der Waals surface area contributed by atoms with Crippen LogP contribution in [0.4, 0.5) is 10.5 Å². The van der Waals surface area contributed by atoms with Crippen LogP contribution < -0.4 is 5.32 Å². The first-order chi connectivity index (χ1) is 26.8. The van der Waals surface area contributed by atoms with Crippen LogP contribution in [0.25, 0.3) is 0 Å². The van der Waals surface area contributed by atoms with E-state index in [2.05, 4.69) is 79.0 Å². The van der Waals surface area contributed by atoms with Crippen molar-refractivity contribution in [1.29, 1.82) is 0 Å². The number of rotatable bonds is 6. The largest absolute Gasteiger partial charge is 0.462 e. The van der Waals surface area contributed by atoms with E-state index in [9.17, 15) is 14.7 Å². The average molecular weight is 827 g/mol. The van der Waals surface area contributed by atoms with Crippen molar-refractivity contribution >= 4 is 37.7 Å². The predicted molar refractivity (Wildman–Crippen MR) is 224 cm³/mol. The van der Waals surface area contributed by atoms with Gasteiger partial charge in [0.2, 0.25) is 0 Å². The maximum absolute atomic E-state index is 14.8. The van der Waals surface area contributed by atoms with Crippen LogP contribution in [0.15, 0.2) is 71.4 Å². The summed E-state index contributed by atoms with van der Waals surface area (Å²) >= 11 is 6.05. The fourth-order valence-electron chi connectivity index (χ4n) is 8.71. The minimum atomic E-state index is -2.53. The highest BCUT2D eigenvalue weighted by atomic mass is 35.5. The number of fused-ring (bicyclic) bond motifs is 2. The van der Waals surface area contributed by atoms with E-state index in [1.54, 1.807) is 30.3 Å². The standard InChI is InChI=1S/C45H64ClNO9Si/c1-10-38-30(4)20-21-44(55-38)25-36-24-35(54-44)19-14-29(3)22-28(2)12-11-13-32-27-51-40-39(56-57(8,9)43(5,6)7)31(23-37(41(48)53-36)45(32,40)50)26-52-42(49)47-34-17-15-33(46)16-18-34/h11-18,23,28,30,35-40,50H,10,19-22,24-27H2,1-9H3,(H,47,49)/b12-11+,29-14+,32-13+/t28-,30-,35?,36?,37?,38+,39+,40?,44?,45+/m0/s1. The Morgan fingerprint density at radius 3 is 2.56 bits per heavy atom. The number of aliphatic hydroxyl groups is 1. The van der Waals surface area contributed by atoms with Gasteiger partial charge in [-0.05, 0) is 98.0 Å². The molecule has 1 aromatic rings. The van der Waals surface area contributed by atoms with Crippen LogP contribution in [0.2, 0.25) is 23.2 Å². The Bertz CT molecular complexity index is 1750. The number of esters is 1. The second kappa shape index (κ2) is 17.4. The molecular weight excluding hydrogens is 762 g/mol. The molecule has 4 aliphatic heterocycles. The van der Waals surface area contributed by atoms with Crippen molar-refractivity contribution in [3.8, 4) is 0 Å². The normalized spacial score (nSPS) is 37.5. The Morgan fingerprint density at radius 2 is 1.86 bits per heavy atom. The summed E-state index contributed by atoms with van der Waals surface area (Å²) < 4.78 is 39.5. The van der Waals surface area contributed by atoms with Gasteiger partial charge in [-0.25, -0.2) is 4.79 Å². The summed E-state index contributed by atoms with van der Waals surface area (Å²) in [4.78, 5) is 28.0. The highest BCUT2D eigenvalue weighted by molar-refractivity contribution is 6.74. The lowest BCUT2D eigenvalue weighted by Crippen LogP contribution is -2.61. The smallest absolute Gasteiger partial charge is 0.411 e. The topological polar surface area (TPSA) is 122 Å². The molecule has 6 rings (SSSR count). The summed E-state index contributed by atoms with van der Waals surface area (Å²) in [5.74, 6) is -2.01. The summed E-state index contributed by atoms with van der Waals surface area (Å²) in [6.45, 7) is 19.2. The second-order valence-corrected chi connectivity index (χ2v) is 23.7. The van der Waals surface area contributed by atoms with Crippen molar-refractivity contribution < 1.29 is 42.8 Å². The maximum atomic E-state index is 14.8. The van der Waals surface area contributed by atoms with Gasteiger partial charge >= 0.3 is 12.1 Å². The zero-order valence-corrected chi connectivity index (χ0v) is 37.0. The van der Waals surface area contributed by atoms with Crippen LogP contribution in [0, 0.1) is 17.8 Å². The molecule has 0 saturated carbocycles. The van der Waals surface area contributed by atoms with Crippen molar-refractivity contribution in [2.75, 3.05) is 18.5 Å². The third-order valence-electron chi connectivity index (χ3n) is 13.0. The second-order valence-electron chi connectivity index (χ2n) is 18.6. The Kier molecular flexibility index (Phi) is 13.4. The first kappa shape index (κ1) is 43.8. The number of ether oxygens (including phenoxy) is 5. The minimum absolute atomic E-state index is 0.0417. The van der Waals surface area contributed by atoms with E-state index in [1.165, 1.54) is 5.57 Å². The van der Waals surface area contributed by atoms with Crippen molar-refractivity contribution in [2.24, 2.45) is 17.8 Å². The van der Waals surface area contributed by atoms with Gasteiger partial charge in [0.25, 0.3) is 0 Å². The maximum Gasteiger partial charge on any atom is 0.411 e. The van der Waals surface area contributed by atoms with Gasteiger partial charge in [0.1, 0.15) is 30.3 Å². The molecule has 1 aromatic carbocycles. The third-order valence-corrected chi connectivity index (χ3v) is 17.7. The summed E-state index contributed by atoms with van der Waals surface area (Å²) in [7, 11) is -2.53. The molecule has 5 unspecified atom stereocenters. The lowest BCUT2D eigenvalue weighted by molar-refractivity contribution is -0.335. The Hall–Kier alpha value is -2.77. The molecule has 4 heterocycles. The molecule has 10 nitrogen and oxygen atoms in total. The third kappa shape index (κ3) is 9.83. The van der Waals surface area contributed by atoms with Gasteiger partial charge in [0.05, 0.1) is 24.9 Å².